The maximum absolute atomic E-state index is 12.2. The minimum absolute atomic E-state index is 0.0104. The second-order valence-corrected chi connectivity index (χ2v) is 7.34. The quantitative estimate of drug-likeness (QED) is 0.332. The van der Waals surface area contributed by atoms with E-state index in [9.17, 15) is 29.5 Å². The summed E-state index contributed by atoms with van der Waals surface area (Å²) >= 11 is 0. The molecule has 2 heterocycles. The minimum atomic E-state index is -3.12. The highest BCUT2D eigenvalue weighted by molar-refractivity contribution is 6.59. The van der Waals surface area contributed by atoms with Gasteiger partial charge >= 0.3 is 12.7 Å². The molecular formula is C17H23BN3O8-. The number of hydrogen-bond acceptors (Lipinski definition) is 8. The number of carbonyl (C=O) groups excluding carboxylic acids is 2. The molecule has 3 rings (SSSR count). The normalized spacial score (nSPS) is 18.8. The number of likely N-dealkylation sites (tertiary alicyclic amines) is 1. The molecule has 1 atom stereocenters. The summed E-state index contributed by atoms with van der Waals surface area (Å²) in [5.41, 5.74) is 11.1. The molecule has 2 aliphatic heterocycles. The predicted octanol–water partition coefficient (Wildman–Crippen LogP) is -1.57. The summed E-state index contributed by atoms with van der Waals surface area (Å²) < 4.78 is 10.8. The summed E-state index contributed by atoms with van der Waals surface area (Å²) in [5, 5.41) is 29.1. The van der Waals surface area contributed by atoms with Crippen molar-refractivity contribution >= 4 is 24.5 Å². The zero-order valence-electron chi connectivity index (χ0n) is 15.6. The van der Waals surface area contributed by atoms with Crippen LogP contribution in [0.2, 0.25) is 6.32 Å². The number of nitrogens with zero attached hydrogens (tertiary/aromatic N) is 1. The molecule has 0 bridgehead atoms. The van der Waals surface area contributed by atoms with Crippen molar-refractivity contribution in [2.45, 2.75) is 37.7 Å². The molecule has 2 amide bonds. The van der Waals surface area contributed by atoms with E-state index in [2.05, 4.69) is 0 Å². The summed E-state index contributed by atoms with van der Waals surface area (Å²) in [6.45, 7) is -2.72. The Kier molecular flexibility index (Phi) is 5.69. The molecular weight excluding hydrogens is 385 g/mol. The van der Waals surface area contributed by atoms with Crippen LogP contribution in [0.5, 0.6) is 11.5 Å². The third kappa shape index (κ3) is 4.61. The van der Waals surface area contributed by atoms with E-state index in [-0.39, 0.29) is 61.6 Å². The first-order valence-electron chi connectivity index (χ1n) is 9.25. The van der Waals surface area contributed by atoms with E-state index in [1.54, 1.807) is 6.07 Å². The molecule has 0 spiro atoms. The van der Waals surface area contributed by atoms with Crippen molar-refractivity contribution in [2.24, 2.45) is 11.5 Å². The van der Waals surface area contributed by atoms with Gasteiger partial charge in [0.25, 0.3) is 0 Å². The third-order valence-corrected chi connectivity index (χ3v) is 4.98. The highest BCUT2D eigenvalue weighted by Crippen LogP contribution is 2.38. The third-order valence-electron chi connectivity index (χ3n) is 4.98. The van der Waals surface area contributed by atoms with Crippen LogP contribution in [0.15, 0.2) is 12.1 Å². The number of carboxylic acids is 1. The number of benzene rings is 1. The van der Waals surface area contributed by atoms with Crippen LogP contribution >= 0.6 is 0 Å². The van der Waals surface area contributed by atoms with E-state index in [1.165, 1.54) is 11.0 Å². The van der Waals surface area contributed by atoms with Crippen LogP contribution < -0.4 is 20.9 Å². The zero-order valence-corrected chi connectivity index (χ0v) is 15.6. The average Bonchev–Trinajstić information content (AvgIpc) is 2.60. The molecule has 1 saturated heterocycles. The van der Waals surface area contributed by atoms with Gasteiger partial charge in [0, 0.05) is 6.42 Å². The molecule has 2 aliphatic rings. The molecule has 0 aromatic heterocycles. The predicted molar refractivity (Wildman–Crippen MR) is 100 cm³/mol. The fourth-order valence-corrected chi connectivity index (χ4v) is 3.36. The Morgan fingerprint density at radius 3 is 2.62 bits per heavy atom. The first-order valence-corrected chi connectivity index (χ1v) is 9.25. The van der Waals surface area contributed by atoms with Crippen LogP contribution in [0.3, 0.4) is 0 Å². The van der Waals surface area contributed by atoms with Crippen molar-refractivity contribution in [3.05, 3.63) is 23.3 Å². The Morgan fingerprint density at radius 2 is 2.00 bits per heavy atom. The number of nitrogens with two attached hydrogens (primary N) is 2. The molecule has 11 nitrogen and oxygen atoms in total. The number of aryl methyl sites for hydroxylation is 1. The highest BCUT2D eigenvalue weighted by atomic mass is 16.6. The SMILES string of the molecule is NC(=O)CCC(N)C(=O)N1CC(Oc2ccc3c(c2C(=O)O)O[B-](O)(O)CC3)C1. The Labute approximate surface area is 166 Å². The maximum Gasteiger partial charge on any atom is 0.430 e. The number of amides is 2. The first-order chi connectivity index (χ1) is 13.6. The van der Waals surface area contributed by atoms with Crippen LogP contribution in [-0.2, 0) is 16.0 Å². The molecule has 7 N–H and O–H groups in total. The number of aromatic carboxylic acids is 1. The fraction of sp³-hybridized carbons (Fsp3) is 0.471. The molecule has 1 aromatic carbocycles. The molecule has 1 fully saturated rings. The number of ether oxygens (including phenoxy) is 1. The monoisotopic (exact) mass is 408 g/mol. The standard InChI is InChI=1S/C17H23BN3O8/c19-11(2-4-13(20)22)16(23)21-7-10(8-21)28-12-3-1-9-5-6-18(26,27)29-15(9)14(12)17(24)25/h1,3,10-11,26-27H,2,4-8,19H2,(H2,20,22)(H,24,25)/q-1. The fourth-order valence-electron chi connectivity index (χ4n) is 3.36. The van der Waals surface area contributed by atoms with E-state index < -0.39 is 30.8 Å². The molecule has 1 unspecified atom stereocenters. The second kappa shape index (κ2) is 7.89. The summed E-state index contributed by atoms with van der Waals surface area (Å²) in [6, 6.07) is 2.26. The maximum atomic E-state index is 12.2. The van der Waals surface area contributed by atoms with Gasteiger partial charge in [-0.3, -0.25) is 9.59 Å². The van der Waals surface area contributed by atoms with Crippen molar-refractivity contribution in [1.29, 1.82) is 0 Å². The van der Waals surface area contributed by atoms with Crippen molar-refractivity contribution in [1.82, 2.24) is 4.90 Å². The lowest BCUT2D eigenvalue weighted by molar-refractivity contribution is -0.141. The Bertz CT molecular complexity index is 840. The van der Waals surface area contributed by atoms with E-state index in [1.807, 2.05) is 0 Å². The minimum Gasteiger partial charge on any atom is -0.669 e. The number of fused-ring (bicyclic) bond motifs is 1. The van der Waals surface area contributed by atoms with Gasteiger partial charge in [-0.15, -0.1) is 0 Å². The molecule has 0 saturated carbocycles. The van der Waals surface area contributed by atoms with Crippen molar-refractivity contribution in [2.75, 3.05) is 13.1 Å². The lowest BCUT2D eigenvalue weighted by Crippen LogP contribution is -2.60. The van der Waals surface area contributed by atoms with Crippen molar-refractivity contribution in [3.8, 4) is 11.5 Å². The molecule has 12 heteroatoms. The number of hydrogen-bond donors (Lipinski definition) is 5. The molecule has 0 radical (unpaired) electrons. The number of carbonyl (C=O) groups is 3. The summed E-state index contributed by atoms with van der Waals surface area (Å²) in [4.78, 5) is 36.2. The van der Waals surface area contributed by atoms with Gasteiger partial charge in [-0.05, 0) is 24.5 Å². The van der Waals surface area contributed by atoms with Crippen molar-refractivity contribution < 1.29 is 38.9 Å². The summed E-state index contributed by atoms with van der Waals surface area (Å²) in [6.07, 6.45) is -0.0654. The first kappa shape index (κ1) is 20.9. The largest absolute Gasteiger partial charge is 0.669 e. The van der Waals surface area contributed by atoms with E-state index in [4.69, 9.17) is 20.9 Å². The van der Waals surface area contributed by atoms with Gasteiger partial charge < -0.3 is 40.9 Å². The van der Waals surface area contributed by atoms with Crippen LogP contribution in [0.4, 0.5) is 0 Å². The Balaban J connectivity index is 1.66. The van der Waals surface area contributed by atoms with Gasteiger partial charge in [-0.25, -0.2) is 4.79 Å². The van der Waals surface area contributed by atoms with Crippen LogP contribution in [-0.4, -0.2) is 69.8 Å². The summed E-state index contributed by atoms with van der Waals surface area (Å²) in [7, 11) is 0. The molecule has 0 aliphatic carbocycles. The van der Waals surface area contributed by atoms with Gasteiger partial charge in [0.2, 0.25) is 11.8 Å². The van der Waals surface area contributed by atoms with Crippen LogP contribution in [0, 0.1) is 0 Å². The lowest BCUT2D eigenvalue weighted by atomic mass is 9.70. The zero-order chi connectivity index (χ0) is 21.3. The van der Waals surface area contributed by atoms with E-state index in [0.717, 1.165) is 0 Å². The Morgan fingerprint density at radius 1 is 1.31 bits per heavy atom. The van der Waals surface area contributed by atoms with Gasteiger partial charge in [-0.1, -0.05) is 12.4 Å². The van der Waals surface area contributed by atoms with Gasteiger partial charge in [0.1, 0.15) is 17.4 Å². The number of rotatable bonds is 7. The van der Waals surface area contributed by atoms with Crippen molar-refractivity contribution in [3.63, 3.8) is 0 Å². The number of primary amides is 1. The Hall–Kier alpha value is -2.83. The van der Waals surface area contributed by atoms with Gasteiger partial charge in [0.15, 0.2) is 0 Å². The van der Waals surface area contributed by atoms with E-state index >= 15 is 0 Å². The highest BCUT2D eigenvalue weighted by Gasteiger charge is 2.37. The topological polar surface area (TPSA) is 186 Å². The van der Waals surface area contributed by atoms with Crippen LogP contribution in [0.1, 0.15) is 28.8 Å². The van der Waals surface area contributed by atoms with Gasteiger partial charge in [-0.2, -0.15) is 0 Å². The smallest absolute Gasteiger partial charge is 0.430 e. The molecule has 158 valence electrons. The summed E-state index contributed by atoms with van der Waals surface area (Å²) in [5.74, 6) is -2.31. The molecule has 1 aromatic rings. The van der Waals surface area contributed by atoms with Gasteiger partial charge in [0.05, 0.1) is 24.9 Å². The average molecular weight is 408 g/mol. The van der Waals surface area contributed by atoms with Crippen LogP contribution in [0.25, 0.3) is 0 Å². The number of carboxylic acid groups (broad SMARTS) is 1. The second-order valence-electron chi connectivity index (χ2n) is 7.34. The lowest BCUT2D eigenvalue weighted by Gasteiger charge is -2.41. The van der Waals surface area contributed by atoms with E-state index in [0.29, 0.717) is 5.56 Å². The molecule has 29 heavy (non-hydrogen) atoms.